The molecule has 0 saturated heterocycles. The maximum Gasteiger partial charge on any atom is 0.251 e. The van der Waals surface area contributed by atoms with Gasteiger partial charge in [0.25, 0.3) is 11.8 Å². The van der Waals surface area contributed by atoms with E-state index in [9.17, 15) is 19.2 Å². The van der Waals surface area contributed by atoms with Gasteiger partial charge in [-0.3, -0.25) is 19.2 Å². The molecule has 0 atom stereocenters. The molecule has 0 fully saturated rings. The van der Waals surface area contributed by atoms with Crippen LogP contribution in [-0.2, 0) is 51.5 Å². The molecule has 4 aromatic rings. The highest BCUT2D eigenvalue weighted by molar-refractivity contribution is 7.17. The van der Waals surface area contributed by atoms with Crippen LogP contribution in [0.5, 0.6) is 0 Å². The normalized spacial score (nSPS) is 13.6. The summed E-state index contributed by atoms with van der Waals surface area (Å²) in [6.07, 6.45) is 5.48. The first-order chi connectivity index (χ1) is 22.3. The standard InChI is InChI=1S/C17H18N2O3S.C17H16N2O3S/c2*18-16(21)15-12-8-9-22-10-13(12)23-17(15)19-14(20)7-6-11-4-2-1-3-5-11/h1-5H,6-10H2,(H2,18,21)(H,19,20);1-7H,8-10H2,(H2,18,21)(H,19,20)/b;7-6+. The Kier molecular flexibility index (Phi) is 11.1. The van der Waals surface area contributed by atoms with Crippen molar-refractivity contribution in [1.29, 1.82) is 0 Å². The summed E-state index contributed by atoms with van der Waals surface area (Å²) in [5.74, 6) is -1.43. The zero-order valence-electron chi connectivity index (χ0n) is 25.0. The molecule has 4 amide bonds. The number of carbonyl (C=O) groups excluding carboxylic acids is 4. The number of amides is 4. The fourth-order valence-corrected chi connectivity index (χ4v) is 7.54. The van der Waals surface area contributed by atoms with Crippen LogP contribution in [0, 0.1) is 0 Å². The molecule has 2 aromatic carbocycles. The molecule has 2 aliphatic rings. The lowest BCUT2D eigenvalue weighted by Crippen LogP contribution is -2.19. The van der Waals surface area contributed by atoms with Gasteiger partial charge in [0.05, 0.1) is 37.6 Å². The number of anilines is 2. The summed E-state index contributed by atoms with van der Waals surface area (Å²) < 4.78 is 10.8. The lowest BCUT2D eigenvalue weighted by molar-refractivity contribution is -0.116. The molecule has 0 radical (unpaired) electrons. The number of ether oxygens (including phenoxy) is 2. The molecule has 6 rings (SSSR count). The fourth-order valence-electron chi connectivity index (χ4n) is 5.14. The molecule has 0 aliphatic carbocycles. The van der Waals surface area contributed by atoms with Gasteiger partial charge in [0.1, 0.15) is 10.0 Å². The minimum absolute atomic E-state index is 0.115. The number of fused-ring (bicyclic) bond motifs is 2. The Morgan fingerprint density at radius 2 is 1.26 bits per heavy atom. The lowest BCUT2D eigenvalue weighted by Gasteiger charge is -2.12. The predicted molar refractivity (Wildman–Crippen MR) is 180 cm³/mol. The van der Waals surface area contributed by atoms with Crippen molar-refractivity contribution >= 4 is 62.4 Å². The van der Waals surface area contributed by atoms with Crippen molar-refractivity contribution in [2.24, 2.45) is 11.5 Å². The van der Waals surface area contributed by atoms with E-state index >= 15 is 0 Å². The van der Waals surface area contributed by atoms with E-state index in [0.29, 0.717) is 73.2 Å². The topological polar surface area (TPSA) is 163 Å². The summed E-state index contributed by atoms with van der Waals surface area (Å²) in [6.45, 7) is 2.06. The van der Waals surface area contributed by atoms with Crippen LogP contribution in [0.1, 0.15) is 59.1 Å². The average molecular weight is 659 g/mol. The lowest BCUT2D eigenvalue weighted by atomic mass is 10.1. The molecule has 12 heteroatoms. The van der Waals surface area contributed by atoms with Crippen LogP contribution in [0.25, 0.3) is 6.08 Å². The molecular formula is C34H34N4O6S2. The van der Waals surface area contributed by atoms with Crippen LogP contribution in [0.2, 0.25) is 0 Å². The smallest absolute Gasteiger partial charge is 0.251 e. The Labute approximate surface area is 274 Å². The number of rotatable bonds is 9. The molecule has 46 heavy (non-hydrogen) atoms. The molecular weight excluding hydrogens is 625 g/mol. The Balaban J connectivity index is 0.000000181. The number of benzene rings is 2. The van der Waals surface area contributed by atoms with E-state index < -0.39 is 11.8 Å². The summed E-state index contributed by atoms with van der Waals surface area (Å²) in [5.41, 5.74) is 15.7. The third-order valence-corrected chi connectivity index (χ3v) is 9.58. The van der Waals surface area contributed by atoms with Crippen LogP contribution in [0.15, 0.2) is 66.7 Å². The van der Waals surface area contributed by atoms with E-state index in [1.54, 1.807) is 6.08 Å². The molecule has 2 aromatic heterocycles. The number of hydrogen-bond donors (Lipinski definition) is 4. The van der Waals surface area contributed by atoms with Gasteiger partial charge in [-0.25, -0.2) is 0 Å². The summed E-state index contributed by atoms with van der Waals surface area (Å²) >= 11 is 2.73. The van der Waals surface area contributed by atoms with E-state index in [0.717, 1.165) is 32.0 Å². The van der Waals surface area contributed by atoms with Crippen LogP contribution in [0.3, 0.4) is 0 Å². The molecule has 0 bridgehead atoms. The average Bonchev–Trinajstić information content (AvgIpc) is 3.61. The number of aryl methyl sites for hydroxylation is 1. The Morgan fingerprint density at radius 1 is 0.739 bits per heavy atom. The second-order valence-corrected chi connectivity index (χ2v) is 12.7. The van der Waals surface area contributed by atoms with Crippen molar-refractivity contribution in [1.82, 2.24) is 0 Å². The predicted octanol–water partition coefficient (Wildman–Crippen LogP) is 5.06. The molecule has 2 aliphatic heterocycles. The zero-order chi connectivity index (χ0) is 32.5. The number of hydrogen-bond acceptors (Lipinski definition) is 8. The van der Waals surface area contributed by atoms with Gasteiger partial charge in [-0.1, -0.05) is 60.7 Å². The van der Waals surface area contributed by atoms with Crippen LogP contribution >= 0.6 is 22.7 Å². The molecule has 6 N–H and O–H groups in total. The quantitative estimate of drug-likeness (QED) is 0.184. The highest BCUT2D eigenvalue weighted by Crippen LogP contribution is 2.37. The Hall–Kier alpha value is -4.62. The third kappa shape index (κ3) is 8.34. The van der Waals surface area contributed by atoms with Gasteiger partial charge in [0.15, 0.2) is 0 Å². The van der Waals surface area contributed by atoms with Crippen molar-refractivity contribution in [3.8, 4) is 0 Å². The zero-order valence-corrected chi connectivity index (χ0v) is 26.6. The molecule has 0 unspecified atom stereocenters. The Bertz CT molecular complexity index is 1750. The SMILES string of the molecule is NC(=O)c1c(NC(=O)/C=C/c2ccccc2)sc2c1CCOC2.NC(=O)c1c(NC(=O)CCc2ccccc2)sc2c1CCOC2. The number of carbonyl (C=O) groups is 4. The second-order valence-electron chi connectivity index (χ2n) is 10.5. The maximum absolute atomic E-state index is 12.2. The first-order valence-corrected chi connectivity index (χ1v) is 16.4. The van der Waals surface area contributed by atoms with Gasteiger partial charge >= 0.3 is 0 Å². The fraction of sp³-hybridized carbons (Fsp3) is 0.235. The first kappa shape index (κ1) is 32.8. The largest absolute Gasteiger partial charge is 0.376 e. The summed E-state index contributed by atoms with van der Waals surface area (Å²) in [6, 6.07) is 19.3. The van der Waals surface area contributed by atoms with Crippen molar-refractivity contribution in [3.05, 3.63) is 110 Å². The van der Waals surface area contributed by atoms with E-state index in [2.05, 4.69) is 10.6 Å². The Morgan fingerprint density at radius 3 is 1.80 bits per heavy atom. The van der Waals surface area contributed by atoms with Gasteiger partial charge < -0.3 is 31.6 Å². The minimum Gasteiger partial charge on any atom is -0.376 e. The minimum atomic E-state index is -0.522. The van der Waals surface area contributed by atoms with Crippen molar-refractivity contribution in [2.75, 3.05) is 23.8 Å². The highest BCUT2D eigenvalue weighted by Gasteiger charge is 2.26. The van der Waals surface area contributed by atoms with E-state index in [4.69, 9.17) is 20.9 Å². The highest BCUT2D eigenvalue weighted by atomic mass is 32.1. The number of primary amides is 2. The van der Waals surface area contributed by atoms with E-state index in [-0.39, 0.29) is 11.8 Å². The van der Waals surface area contributed by atoms with Crippen molar-refractivity contribution in [2.45, 2.75) is 38.9 Å². The number of nitrogens with two attached hydrogens (primary N) is 2. The monoisotopic (exact) mass is 658 g/mol. The van der Waals surface area contributed by atoms with Crippen LogP contribution in [0.4, 0.5) is 10.0 Å². The summed E-state index contributed by atoms with van der Waals surface area (Å²) in [5, 5.41) is 6.64. The van der Waals surface area contributed by atoms with Crippen molar-refractivity contribution < 1.29 is 28.7 Å². The maximum atomic E-state index is 12.2. The van der Waals surface area contributed by atoms with Gasteiger partial charge in [-0.15, -0.1) is 22.7 Å². The van der Waals surface area contributed by atoms with Gasteiger partial charge in [-0.05, 0) is 47.6 Å². The molecule has 4 heterocycles. The number of thiophene rings is 2. The molecule has 0 spiro atoms. The second kappa shape index (κ2) is 15.6. The van der Waals surface area contributed by atoms with Crippen LogP contribution in [-0.4, -0.2) is 36.8 Å². The van der Waals surface area contributed by atoms with E-state index in [1.165, 1.54) is 28.7 Å². The molecule has 10 nitrogen and oxygen atoms in total. The van der Waals surface area contributed by atoms with E-state index in [1.807, 2.05) is 60.7 Å². The number of nitrogens with one attached hydrogen (secondary N) is 2. The summed E-state index contributed by atoms with van der Waals surface area (Å²) in [7, 11) is 0. The van der Waals surface area contributed by atoms with Gasteiger partial charge in [-0.2, -0.15) is 0 Å². The van der Waals surface area contributed by atoms with Crippen molar-refractivity contribution in [3.63, 3.8) is 0 Å². The van der Waals surface area contributed by atoms with Gasteiger partial charge in [0, 0.05) is 22.3 Å². The van der Waals surface area contributed by atoms with Gasteiger partial charge in [0.2, 0.25) is 11.8 Å². The third-order valence-electron chi connectivity index (χ3n) is 7.33. The summed E-state index contributed by atoms with van der Waals surface area (Å²) in [4.78, 5) is 49.7. The molecule has 238 valence electrons. The van der Waals surface area contributed by atoms with Crippen LogP contribution < -0.4 is 22.1 Å². The first-order valence-electron chi connectivity index (χ1n) is 14.7. The molecule has 0 saturated carbocycles.